The minimum absolute atomic E-state index is 0.00791. The van der Waals surface area contributed by atoms with Crippen molar-refractivity contribution in [1.82, 2.24) is 0 Å². The number of anilines is 4. The van der Waals surface area contributed by atoms with Crippen molar-refractivity contribution in [2.45, 2.75) is 0 Å². The summed E-state index contributed by atoms with van der Waals surface area (Å²) in [6.07, 6.45) is 2.97. The van der Waals surface area contributed by atoms with E-state index >= 15 is 0 Å². The van der Waals surface area contributed by atoms with E-state index in [1.165, 1.54) is 37.5 Å². The summed E-state index contributed by atoms with van der Waals surface area (Å²) in [4.78, 5) is 66.5. The number of fused-ring (bicyclic) bond motifs is 3. The molecule has 2 aliphatic carbocycles. The van der Waals surface area contributed by atoms with Crippen molar-refractivity contribution < 1.29 is 28.8 Å². The molecule has 4 N–H and O–H groups in total. The Bertz CT molecular complexity index is 3010. The average molecular weight is 851 g/mol. The van der Waals surface area contributed by atoms with Gasteiger partial charge in [-0.1, -0.05) is 102 Å². The van der Waals surface area contributed by atoms with E-state index in [4.69, 9.17) is 27.9 Å². The summed E-state index contributed by atoms with van der Waals surface area (Å²) in [5.74, 6) is -2.61. The highest BCUT2D eigenvalue weighted by atomic mass is 35.5. The second kappa shape index (κ2) is 16.7. The minimum Gasteiger partial charge on any atom is -0.494 e. The number of nitro groups is 1. The maximum Gasteiger partial charge on any atom is 0.273 e. The maximum atomic E-state index is 14.0. The molecule has 0 spiro atoms. The molecule has 0 fully saturated rings. The van der Waals surface area contributed by atoms with E-state index in [0.29, 0.717) is 55.1 Å². The first-order valence-electron chi connectivity index (χ1n) is 18.3. The van der Waals surface area contributed by atoms with Crippen LogP contribution in [-0.2, 0) is 19.2 Å². The van der Waals surface area contributed by atoms with Crippen molar-refractivity contribution in [2.75, 3.05) is 28.6 Å². The predicted octanol–water partition coefficient (Wildman–Crippen LogP) is 8.91. The van der Waals surface area contributed by atoms with Crippen molar-refractivity contribution in [3.05, 3.63) is 175 Å². The number of non-ortho nitro benzene ring substituents is 1. The predicted molar refractivity (Wildman–Crippen MR) is 236 cm³/mol. The molecule has 61 heavy (non-hydrogen) atoms. The molecule has 0 radical (unpaired) electrons. The van der Waals surface area contributed by atoms with Gasteiger partial charge in [0, 0.05) is 39.3 Å². The normalized spacial score (nSPS) is 14.4. The lowest BCUT2D eigenvalue weighted by Crippen LogP contribution is -2.30. The van der Waals surface area contributed by atoms with Gasteiger partial charge in [0.2, 0.25) is 11.6 Å². The summed E-state index contributed by atoms with van der Waals surface area (Å²) in [5.41, 5.74) is 8.33. The SMILES string of the molecule is COc1cc([N+](=O)[O-])ccc1N/N=C1\C(=O)C(C(=O)Nc2cccc3c(NC(=O)C4=Cc5ccccc5/C(=N/Nc5cccc(Cl)c5Cl)C4=O)cccc23)=Cc2ccccc21. The van der Waals surface area contributed by atoms with Crippen molar-refractivity contribution in [3.63, 3.8) is 0 Å². The Morgan fingerprint density at radius 2 is 1.11 bits per heavy atom. The molecule has 0 atom stereocenters. The van der Waals surface area contributed by atoms with Gasteiger partial charge < -0.3 is 15.4 Å². The monoisotopic (exact) mass is 849 g/mol. The second-order valence-corrected chi connectivity index (χ2v) is 14.2. The zero-order valence-corrected chi connectivity index (χ0v) is 33.2. The fourth-order valence-corrected chi connectivity index (χ4v) is 7.14. The van der Waals surface area contributed by atoms with Crippen LogP contribution >= 0.6 is 23.2 Å². The molecule has 300 valence electrons. The minimum atomic E-state index is -0.724. The smallest absolute Gasteiger partial charge is 0.273 e. The number of nitro benzene ring substituents is 1. The van der Waals surface area contributed by atoms with Crippen molar-refractivity contribution in [2.24, 2.45) is 10.2 Å². The van der Waals surface area contributed by atoms with Crippen LogP contribution in [0.4, 0.5) is 28.4 Å². The Labute approximate surface area is 356 Å². The average Bonchev–Trinajstić information content (AvgIpc) is 3.26. The Balaban J connectivity index is 1.05. The number of ether oxygens (including phenoxy) is 1. The lowest BCUT2D eigenvalue weighted by molar-refractivity contribution is -0.384. The third-order valence-electron chi connectivity index (χ3n) is 9.78. The summed E-state index contributed by atoms with van der Waals surface area (Å²) < 4.78 is 5.29. The van der Waals surface area contributed by atoms with Crippen LogP contribution in [-0.4, -0.2) is 46.8 Å². The summed E-state index contributed by atoms with van der Waals surface area (Å²) in [6.45, 7) is 0. The van der Waals surface area contributed by atoms with Crippen LogP contribution in [0.25, 0.3) is 22.9 Å². The Kier molecular flexibility index (Phi) is 10.9. The number of ketones is 2. The Morgan fingerprint density at radius 1 is 0.623 bits per heavy atom. The van der Waals surface area contributed by atoms with Crippen LogP contribution in [0.3, 0.4) is 0 Å². The maximum absolute atomic E-state index is 14.0. The van der Waals surface area contributed by atoms with Crippen molar-refractivity contribution in [3.8, 4) is 5.75 Å². The third-order valence-corrected chi connectivity index (χ3v) is 10.6. The Hall–Kier alpha value is -7.94. The van der Waals surface area contributed by atoms with Crippen LogP contribution < -0.4 is 26.2 Å². The molecule has 6 aromatic carbocycles. The lowest BCUT2D eigenvalue weighted by Gasteiger charge is -2.19. The molecule has 0 unspecified atom stereocenters. The van der Waals surface area contributed by atoms with E-state index in [0.717, 1.165) is 0 Å². The molecule has 2 amide bonds. The summed E-state index contributed by atoms with van der Waals surface area (Å²) in [5, 5.41) is 27.2. The third kappa shape index (κ3) is 7.83. The molecule has 16 heteroatoms. The van der Waals surface area contributed by atoms with Crippen LogP contribution in [0.2, 0.25) is 10.0 Å². The number of hydrogen-bond donors (Lipinski definition) is 4. The molecule has 0 saturated heterocycles. The number of nitrogens with zero attached hydrogens (tertiary/aromatic N) is 3. The first kappa shape index (κ1) is 39.9. The number of methoxy groups -OCH3 is 1. The number of amides is 2. The van der Waals surface area contributed by atoms with E-state index in [1.54, 1.807) is 103 Å². The zero-order valence-electron chi connectivity index (χ0n) is 31.7. The number of hydrogen-bond acceptors (Lipinski definition) is 11. The number of benzene rings is 6. The Morgan fingerprint density at radius 3 is 1.64 bits per heavy atom. The highest BCUT2D eigenvalue weighted by molar-refractivity contribution is 6.60. The number of rotatable bonds is 10. The number of carbonyl (C=O) groups is 4. The molecule has 0 saturated carbocycles. The van der Waals surface area contributed by atoms with Gasteiger partial charge in [0.25, 0.3) is 17.5 Å². The van der Waals surface area contributed by atoms with Gasteiger partial charge in [-0.15, -0.1) is 0 Å². The van der Waals surface area contributed by atoms with E-state index in [2.05, 4.69) is 31.7 Å². The quantitative estimate of drug-likeness (QED) is 0.0592. The topological polar surface area (TPSA) is 193 Å². The zero-order chi connectivity index (χ0) is 42.8. The van der Waals surface area contributed by atoms with Gasteiger partial charge in [-0.05, 0) is 53.6 Å². The molecule has 0 aromatic heterocycles. The van der Waals surface area contributed by atoms with Crippen LogP contribution in [0.1, 0.15) is 22.3 Å². The summed E-state index contributed by atoms with van der Waals surface area (Å²) in [7, 11) is 1.34. The molecule has 0 heterocycles. The first-order chi connectivity index (χ1) is 29.5. The molecule has 0 aliphatic heterocycles. The van der Waals surface area contributed by atoms with Gasteiger partial charge in [-0.2, -0.15) is 10.2 Å². The lowest BCUT2D eigenvalue weighted by atomic mass is 9.89. The second-order valence-electron chi connectivity index (χ2n) is 13.5. The first-order valence-corrected chi connectivity index (χ1v) is 19.1. The molecular weight excluding hydrogens is 821 g/mol. The molecule has 2 aliphatic rings. The molecule has 6 aromatic rings. The van der Waals surface area contributed by atoms with Gasteiger partial charge in [0.15, 0.2) is 5.75 Å². The molecule has 14 nitrogen and oxygen atoms in total. The van der Waals surface area contributed by atoms with Gasteiger partial charge in [-0.25, -0.2) is 0 Å². The van der Waals surface area contributed by atoms with Crippen LogP contribution in [0.15, 0.2) is 143 Å². The summed E-state index contributed by atoms with van der Waals surface area (Å²) in [6, 6.07) is 32.9. The van der Waals surface area contributed by atoms with Crippen molar-refractivity contribution in [1.29, 1.82) is 0 Å². The fraction of sp³-hybridized carbons (Fsp3) is 0.0222. The number of halogens is 2. The number of carbonyl (C=O) groups excluding carboxylic acids is 4. The van der Waals surface area contributed by atoms with E-state index in [9.17, 15) is 29.3 Å². The highest BCUT2D eigenvalue weighted by Gasteiger charge is 2.32. The highest BCUT2D eigenvalue weighted by Crippen LogP contribution is 2.34. The van der Waals surface area contributed by atoms with E-state index < -0.39 is 28.3 Å². The van der Waals surface area contributed by atoms with Crippen LogP contribution in [0.5, 0.6) is 5.75 Å². The molecule has 0 bridgehead atoms. The van der Waals surface area contributed by atoms with Crippen LogP contribution in [0, 0.1) is 10.1 Å². The van der Waals surface area contributed by atoms with E-state index in [1.807, 2.05) is 0 Å². The largest absolute Gasteiger partial charge is 0.494 e. The van der Waals surface area contributed by atoms with E-state index in [-0.39, 0.29) is 44.7 Å². The van der Waals surface area contributed by atoms with Gasteiger partial charge in [-0.3, -0.25) is 40.1 Å². The van der Waals surface area contributed by atoms with Gasteiger partial charge >= 0.3 is 0 Å². The summed E-state index contributed by atoms with van der Waals surface area (Å²) >= 11 is 12.5. The number of hydrazone groups is 2. The molecule has 8 rings (SSSR count). The fourth-order valence-electron chi connectivity index (χ4n) is 6.79. The molecular formula is C45H29Cl2N7O7. The number of nitrogens with one attached hydrogen (secondary N) is 4. The van der Waals surface area contributed by atoms with Crippen molar-refractivity contribution >= 4 is 109 Å². The van der Waals surface area contributed by atoms with Gasteiger partial charge in [0.1, 0.15) is 11.4 Å². The number of Topliss-reactive ketones (excluding diaryl/α,β-unsaturated/α-hetero) is 2. The van der Waals surface area contributed by atoms with Gasteiger partial charge in [0.05, 0.1) is 50.7 Å². The standard InChI is InChI=1S/C45H29Cl2N7O7/c1-61-38-23-26(54(59)60)19-20-36(38)50-52-40-27-11-4-2-9-24(27)21-31(42(40)55)44(57)48-34-16-6-14-30-29(34)13-7-17-35(30)49-45(58)32-22-25-10-3-5-12-28(25)41(43(32)56)53-51-37-18-8-15-33(46)39(37)47/h2-23,50-51H,1H3,(H,48,57)(H,49,58)/b52-40-,53-41-.